The van der Waals surface area contributed by atoms with E-state index in [1.165, 1.54) is 44.1 Å². The summed E-state index contributed by atoms with van der Waals surface area (Å²) in [6.07, 6.45) is 3.03. The minimum absolute atomic E-state index is 0.0658. The Morgan fingerprint density at radius 3 is 2.59 bits per heavy atom. The van der Waals surface area contributed by atoms with Crippen LogP contribution in [0.1, 0.15) is 12.7 Å². The van der Waals surface area contributed by atoms with Gasteiger partial charge in [-0.2, -0.15) is 0 Å². The molecule has 2 aliphatic rings. The summed E-state index contributed by atoms with van der Waals surface area (Å²) in [7, 11) is 1.27. The number of pyridine rings is 1. The van der Waals surface area contributed by atoms with Gasteiger partial charge in [0.2, 0.25) is 5.91 Å². The van der Waals surface area contributed by atoms with E-state index >= 15 is 4.39 Å². The average molecular weight is 629 g/mol. The molecule has 0 bridgehead atoms. The highest BCUT2D eigenvalue weighted by Crippen LogP contribution is 2.40. The van der Waals surface area contributed by atoms with Gasteiger partial charge in [-0.05, 0) is 30.7 Å². The van der Waals surface area contributed by atoms with Crippen molar-refractivity contribution in [1.82, 2.24) is 20.3 Å². The maximum atomic E-state index is 15.2. The second-order valence-corrected chi connectivity index (χ2v) is 11.1. The lowest BCUT2D eigenvalue weighted by Crippen LogP contribution is -2.71. The number of carbonyl (C=O) groups excluding carboxylic acids is 3. The van der Waals surface area contributed by atoms with Crippen molar-refractivity contribution >= 4 is 35.5 Å². The van der Waals surface area contributed by atoms with Crippen LogP contribution in [-0.2, 0) is 37.0 Å². The van der Waals surface area contributed by atoms with Gasteiger partial charge in [-0.3, -0.25) is 24.1 Å². The number of aromatic nitrogens is 2. The van der Waals surface area contributed by atoms with Crippen LogP contribution in [0.5, 0.6) is 0 Å². The van der Waals surface area contributed by atoms with Crippen molar-refractivity contribution in [2.24, 2.45) is 0 Å². The number of hydroxylamine groups is 1. The Balaban J connectivity index is 1.31. The Hall–Kier alpha value is -4.80. The molecule has 0 radical (unpaired) electrons. The molecule has 16 heteroatoms. The zero-order valence-electron chi connectivity index (χ0n) is 23.4. The zero-order chi connectivity index (χ0) is 31.7. The van der Waals surface area contributed by atoms with Crippen LogP contribution in [0, 0.1) is 5.82 Å². The van der Waals surface area contributed by atoms with Crippen LogP contribution in [0.2, 0.25) is 0 Å². The highest BCUT2D eigenvalue weighted by molar-refractivity contribution is 8.00. The molecule has 0 saturated carbocycles. The number of hydrogen-bond acceptors (Lipinski definition) is 9. The fourth-order valence-electron chi connectivity index (χ4n) is 4.88. The molecule has 0 unspecified atom stereocenters. The summed E-state index contributed by atoms with van der Waals surface area (Å²) in [5.41, 5.74) is 3.39. The molecule has 230 valence electrons. The number of halogens is 1. The predicted molar refractivity (Wildman–Crippen MR) is 150 cm³/mol. The van der Waals surface area contributed by atoms with Gasteiger partial charge in [0.1, 0.15) is 34.8 Å². The molecule has 3 amide bonds. The van der Waals surface area contributed by atoms with E-state index in [-0.39, 0.29) is 41.4 Å². The number of amides is 3. The van der Waals surface area contributed by atoms with E-state index in [2.05, 4.69) is 15.6 Å². The van der Waals surface area contributed by atoms with Crippen molar-refractivity contribution in [2.45, 2.75) is 37.4 Å². The third-order valence-electron chi connectivity index (χ3n) is 6.97. The molecule has 44 heavy (non-hydrogen) atoms. The van der Waals surface area contributed by atoms with E-state index in [4.69, 9.17) is 4.42 Å². The highest BCUT2D eigenvalue weighted by Gasteiger charge is 2.54. The standard InChI is InChI=1S/C28H26FN5O9S/c1-14(35)24(37)30-22-25(38)34-23(27(39)40)16(13-44-26(22)34)11-32-7-5-15(6-8-32)19-4-3-17(9-20(19)29)33-12-18(43-28(33)41)10-21(36)31-42-2/h3-9,12,14,22,26,35H,10-11,13H2,1-2H3,(H2-,30,31,36,37,39,40)/p+1/t14-,22+,26-/m0/s1. The third-order valence-corrected chi connectivity index (χ3v) is 8.31. The quantitative estimate of drug-likeness (QED) is 0.134. The number of carboxylic acid groups (broad SMARTS) is 1. The van der Waals surface area contributed by atoms with Crippen LogP contribution in [0.25, 0.3) is 16.8 Å². The summed E-state index contributed by atoms with van der Waals surface area (Å²) in [4.78, 5) is 66.4. The number of aliphatic hydroxyl groups is 1. The number of β-lactam (4-membered cyclic amide) rings is 1. The number of fused-ring (bicyclic) bond motifs is 1. The van der Waals surface area contributed by atoms with Crippen LogP contribution in [-0.4, -0.2) is 73.8 Å². The predicted octanol–water partition coefficient (Wildman–Crippen LogP) is -0.136. The van der Waals surface area contributed by atoms with Crippen LogP contribution < -0.4 is 21.1 Å². The number of benzene rings is 1. The lowest BCUT2D eigenvalue weighted by molar-refractivity contribution is -0.689. The van der Waals surface area contributed by atoms with Gasteiger partial charge in [-0.25, -0.2) is 28.6 Å². The first kappa shape index (κ1) is 30.7. The van der Waals surface area contributed by atoms with E-state index in [9.17, 15) is 34.2 Å². The van der Waals surface area contributed by atoms with Crippen LogP contribution in [0.4, 0.5) is 4.39 Å². The third kappa shape index (κ3) is 5.99. The second kappa shape index (κ2) is 12.4. The number of aliphatic hydroxyl groups excluding tert-OH is 1. The topological polar surface area (TPSA) is 184 Å². The Labute approximate surface area is 252 Å². The molecule has 4 heterocycles. The number of carboxylic acids is 1. The molecular formula is C28H27FN5O9S+. The van der Waals surface area contributed by atoms with Crippen molar-refractivity contribution in [3.63, 3.8) is 0 Å². The Kier molecular flexibility index (Phi) is 8.66. The SMILES string of the molecule is CONC(=O)Cc1cn(-c2ccc(-c3cc[n+](CC4=C(C(=O)O)N5C(=O)[C@@H](NC(=O)[C@H](C)O)[C@@H]5SC4)cc3)c(F)c2)c(=O)o1. The van der Waals surface area contributed by atoms with Crippen LogP contribution >= 0.6 is 11.8 Å². The summed E-state index contributed by atoms with van der Waals surface area (Å²) >= 11 is 1.30. The molecule has 1 aromatic carbocycles. The van der Waals surface area contributed by atoms with Gasteiger partial charge in [-0.1, -0.05) is 0 Å². The largest absolute Gasteiger partial charge is 0.477 e. The van der Waals surface area contributed by atoms with Gasteiger partial charge < -0.3 is 19.9 Å². The maximum Gasteiger partial charge on any atom is 0.423 e. The number of nitrogens with one attached hydrogen (secondary N) is 2. The molecule has 2 aromatic heterocycles. The minimum Gasteiger partial charge on any atom is -0.477 e. The summed E-state index contributed by atoms with van der Waals surface area (Å²) < 4.78 is 23.0. The fraction of sp³-hybridized carbons (Fsp3) is 0.286. The summed E-state index contributed by atoms with van der Waals surface area (Å²) in [6, 6.07) is 6.54. The van der Waals surface area contributed by atoms with Crippen molar-refractivity contribution in [3.8, 4) is 16.8 Å². The normalized spacial score (nSPS) is 18.4. The maximum absolute atomic E-state index is 15.2. The fourth-order valence-corrected chi connectivity index (χ4v) is 6.22. The Morgan fingerprint density at radius 1 is 1.23 bits per heavy atom. The van der Waals surface area contributed by atoms with E-state index < -0.39 is 52.8 Å². The Morgan fingerprint density at radius 2 is 1.95 bits per heavy atom. The number of thioether (sulfide) groups is 1. The number of carbonyl (C=O) groups is 4. The monoisotopic (exact) mass is 628 g/mol. The first-order chi connectivity index (χ1) is 21.0. The molecule has 3 atom stereocenters. The highest BCUT2D eigenvalue weighted by atomic mass is 32.2. The van der Waals surface area contributed by atoms with Crippen molar-refractivity contribution in [3.05, 3.63) is 82.3 Å². The number of hydrogen-bond donors (Lipinski definition) is 4. The van der Waals surface area contributed by atoms with Crippen molar-refractivity contribution in [2.75, 3.05) is 12.9 Å². The summed E-state index contributed by atoms with van der Waals surface area (Å²) in [6.45, 7) is 1.41. The van der Waals surface area contributed by atoms with E-state index in [1.54, 1.807) is 29.1 Å². The first-order valence-electron chi connectivity index (χ1n) is 13.2. The molecule has 1 saturated heterocycles. The Bertz CT molecular complexity index is 1730. The molecule has 2 aliphatic heterocycles. The van der Waals surface area contributed by atoms with Gasteiger partial charge in [0.15, 0.2) is 18.9 Å². The van der Waals surface area contributed by atoms with Crippen molar-refractivity contribution < 1.29 is 47.6 Å². The molecule has 3 aromatic rings. The molecule has 14 nitrogen and oxygen atoms in total. The van der Waals surface area contributed by atoms with Gasteiger partial charge in [0, 0.05) is 29.0 Å². The average Bonchev–Trinajstić information content (AvgIpc) is 3.35. The molecule has 0 aliphatic carbocycles. The van der Waals surface area contributed by atoms with E-state index in [0.717, 1.165) is 15.5 Å². The van der Waals surface area contributed by atoms with Gasteiger partial charge in [0.25, 0.3) is 11.8 Å². The number of nitrogens with zero attached hydrogens (tertiary/aromatic N) is 3. The molecule has 5 rings (SSSR count). The number of rotatable bonds is 10. The van der Waals surface area contributed by atoms with Crippen molar-refractivity contribution in [1.29, 1.82) is 0 Å². The molecular weight excluding hydrogens is 601 g/mol. The number of oxazole rings is 1. The van der Waals surface area contributed by atoms with Crippen LogP contribution in [0.15, 0.2) is 69.4 Å². The molecule has 4 N–H and O–H groups in total. The van der Waals surface area contributed by atoms with Gasteiger partial charge in [0.05, 0.1) is 25.4 Å². The van der Waals surface area contributed by atoms with E-state index in [1.807, 2.05) is 0 Å². The second-order valence-electron chi connectivity index (χ2n) is 9.99. The molecule has 1 fully saturated rings. The lowest BCUT2D eigenvalue weighted by atomic mass is 10.0. The lowest BCUT2D eigenvalue weighted by Gasteiger charge is -2.49. The first-order valence-corrected chi connectivity index (χ1v) is 14.2. The number of aliphatic carboxylic acids is 1. The van der Waals surface area contributed by atoms with E-state index in [0.29, 0.717) is 11.1 Å². The van der Waals surface area contributed by atoms with Crippen LogP contribution in [0.3, 0.4) is 0 Å². The van der Waals surface area contributed by atoms with Gasteiger partial charge >= 0.3 is 11.7 Å². The van der Waals surface area contributed by atoms with Gasteiger partial charge in [-0.15, -0.1) is 11.8 Å². The zero-order valence-corrected chi connectivity index (χ0v) is 24.2. The molecule has 0 spiro atoms. The smallest absolute Gasteiger partial charge is 0.423 e. The summed E-state index contributed by atoms with van der Waals surface area (Å²) in [5.74, 6) is -4.15. The minimum atomic E-state index is -1.31. The summed E-state index contributed by atoms with van der Waals surface area (Å²) in [5, 5.41) is 21.2.